The van der Waals surface area contributed by atoms with Crippen molar-refractivity contribution in [2.75, 3.05) is 13.2 Å². The molecule has 0 fully saturated rings. The minimum atomic E-state index is -0.736. The molecule has 0 radical (unpaired) electrons. The molecule has 0 saturated carbocycles. The maximum Gasteiger partial charge on any atom is 0.426 e. The minimum absolute atomic E-state index is 0.165. The van der Waals surface area contributed by atoms with Crippen molar-refractivity contribution in [3.8, 4) is 0 Å². The minimum Gasteiger partial charge on any atom is -0.449 e. The van der Waals surface area contributed by atoms with E-state index < -0.39 is 12.2 Å². The third-order valence-corrected chi connectivity index (χ3v) is 1.25. The fraction of sp³-hybridized carbons (Fsp3) is 0.556. The molecular formula is C9H16N2O4. The first-order valence-corrected chi connectivity index (χ1v) is 4.55. The number of hydrogen-bond donors (Lipinski definition) is 2. The summed E-state index contributed by atoms with van der Waals surface area (Å²) in [7, 11) is 0. The van der Waals surface area contributed by atoms with Crippen LogP contribution in [-0.4, -0.2) is 25.4 Å². The monoisotopic (exact) mass is 216 g/mol. The van der Waals surface area contributed by atoms with Crippen molar-refractivity contribution in [1.29, 1.82) is 0 Å². The van der Waals surface area contributed by atoms with Gasteiger partial charge in [0.25, 0.3) is 0 Å². The van der Waals surface area contributed by atoms with E-state index in [0.29, 0.717) is 0 Å². The number of carbonyl (C=O) groups excluding carboxylic acids is 2. The number of amides is 2. The van der Waals surface area contributed by atoms with Gasteiger partial charge >= 0.3 is 12.2 Å². The smallest absolute Gasteiger partial charge is 0.426 e. The summed E-state index contributed by atoms with van der Waals surface area (Å²) in [6, 6.07) is 0. The normalized spacial score (nSPS) is 8.73. The largest absolute Gasteiger partial charge is 0.449 e. The Hall–Kier alpha value is -1.72. The van der Waals surface area contributed by atoms with Gasteiger partial charge < -0.3 is 9.47 Å². The Labute approximate surface area is 88.6 Å². The predicted molar refractivity (Wildman–Crippen MR) is 54.1 cm³/mol. The Morgan fingerprint density at radius 3 is 2.13 bits per heavy atom. The first-order chi connectivity index (χ1) is 7.06. The van der Waals surface area contributed by atoms with Crippen LogP contribution in [0.25, 0.3) is 0 Å². The Balaban J connectivity index is 3.58. The molecule has 0 spiro atoms. The topological polar surface area (TPSA) is 76.7 Å². The van der Waals surface area contributed by atoms with E-state index in [2.05, 4.69) is 9.47 Å². The molecule has 0 aromatic heterocycles. The molecule has 0 aliphatic carbocycles. The fourth-order valence-electron chi connectivity index (χ4n) is 0.589. The maximum absolute atomic E-state index is 10.9. The van der Waals surface area contributed by atoms with Gasteiger partial charge in [-0.1, -0.05) is 5.57 Å². The average Bonchev–Trinajstić information content (AvgIpc) is 2.14. The van der Waals surface area contributed by atoms with Crippen molar-refractivity contribution in [3.05, 3.63) is 11.6 Å². The molecule has 0 saturated heterocycles. The van der Waals surface area contributed by atoms with E-state index in [-0.39, 0.29) is 13.2 Å². The fourth-order valence-corrected chi connectivity index (χ4v) is 0.589. The van der Waals surface area contributed by atoms with Crippen LogP contribution in [0.1, 0.15) is 20.8 Å². The quantitative estimate of drug-likeness (QED) is 0.551. The third kappa shape index (κ3) is 8.61. The Morgan fingerprint density at radius 1 is 1.13 bits per heavy atom. The van der Waals surface area contributed by atoms with Crippen LogP contribution in [0.4, 0.5) is 9.59 Å². The molecule has 2 N–H and O–H groups in total. The second-order valence-corrected chi connectivity index (χ2v) is 2.85. The second kappa shape index (κ2) is 7.66. The van der Waals surface area contributed by atoms with E-state index in [1.807, 2.05) is 24.7 Å². The summed E-state index contributed by atoms with van der Waals surface area (Å²) < 4.78 is 9.19. The molecule has 6 heteroatoms. The van der Waals surface area contributed by atoms with Gasteiger partial charge in [-0.3, -0.25) is 0 Å². The average molecular weight is 216 g/mol. The standard InChI is InChI=1S/C9H16N2O4/c1-4-14-8(12)10-11-9(13)15-6-5-7(2)3/h5H,4,6H2,1-3H3,(H,10,12)(H,11,13). The highest BCUT2D eigenvalue weighted by Crippen LogP contribution is 1.88. The van der Waals surface area contributed by atoms with Crippen LogP contribution in [0.15, 0.2) is 11.6 Å². The molecule has 2 amide bonds. The second-order valence-electron chi connectivity index (χ2n) is 2.85. The number of rotatable bonds is 3. The van der Waals surface area contributed by atoms with E-state index in [9.17, 15) is 9.59 Å². The Kier molecular flexibility index (Phi) is 6.78. The Bertz CT molecular complexity index is 246. The zero-order chi connectivity index (χ0) is 11.7. The van der Waals surface area contributed by atoms with Crippen molar-refractivity contribution in [1.82, 2.24) is 10.9 Å². The number of hydrogen-bond acceptors (Lipinski definition) is 4. The van der Waals surface area contributed by atoms with Gasteiger partial charge in [-0.05, 0) is 26.8 Å². The van der Waals surface area contributed by atoms with E-state index >= 15 is 0 Å². The van der Waals surface area contributed by atoms with Crippen LogP contribution in [0.5, 0.6) is 0 Å². The summed E-state index contributed by atoms with van der Waals surface area (Å²) >= 11 is 0. The van der Waals surface area contributed by atoms with E-state index in [4.69, 9.17) is 0 Å². The van der Waals surface area contributed by atoms with Crippen molar-refractivity contribution >= 4 is 12.2 Å². The van der Waals surface area contributed by atoms with Crippen LogP contribution in [0, 0.1) is 0 Å². The van der Waals surface area contributed by atoms with Crippen LogP contribution in [-0.2, 0) is 9.47 Å². The molecule has 0 heterocycles. The SMILES string of the molecule is CCOC(=O)NNC(=O)OCC=C(C)C. The van der Waals surface area contributed by atoms with Crippen LogP contribution in [0.2, 0.25) is 0 Å². The molecule has 15 heavy (non-hydrogen) atoms. The van der Waals surface area contributed by atoms with Crippen LogP contribution >= 0.6 is 0 Å². The van der Waals surface area contributed by atoms with Crippen molar-refractivity contribution < 1.29 is 19.1 Å². The number of ether oxygens (including phenoxy) is 2. The first kappa shape index (κ1) is 13.3. The summed E-state index contributed by atoms with van der Waals surface area (Å²) in [6.07, 6.45) is 0.279. The molecule has 0 bridgehead atoms. The lowest BCUT2D eigenvalue weighted by Crippen LogP contribution is -2.42. The molecule has 0 aromatic rings. The van der Waals surface area contributed by atoms with Crippen molar-refractivity contribution in [3.63, 3.8) is 0 Å². The predicted octanol–water partition coefficient (Wildman–Crippen LogP) is 1.34. The molecule has 0 aliphatic rings. The molecule has 0 rings (SSSR count). The van der Waals surface area contributed by atoms with Gasteiger partial charge in [-0.25, -0.2) is 20.4 Å². The summed E-state index contributed by atoms with van der Waals surface area (Å²) in [5.41, 5.74) is 5.08. The summed E-state index contributed by atoms with van der Waals surface area (Å²) in [5.74, 6) is 0. The third-order valence-electron chi connectivity index (χ3n) is 1.25. The van der Waals surface area contributed by atoms with E-state index in [1.165, 1.54) is 0 Å². The van der Waals surface area contributed by atoms with E-state index in [0.717, 1.165) is 5.57 Å². The lowest BCUT2D eigenvalue weighted by atomic mass is 10.3. The molecule has 6 nitrogen and oxygen atoms in total. The number of nitrogens with one attached hydrogen (secondary N) is 2. The number of allylic oxidation sites excluding steroid dienone is 1. The summed E-state index contributed by atoms with van der Waals surface area (Å²) in [4.78, 5) is 21.6. The molecule has 0 unspecified atom stereocenters. The molecule has 0 aromatic carbocycles. The summed E-state index contributed by atoms with van der Waals surface area (Å²) in [5, 5.41) is 0. The van der Waals surface area contributed by atoms with Gasteiger partial charge in [0.2, 0.25) is 0 Å². The maximum atomic E-state index is 10.9. The molecule has 86 valence electrons. The van der Waals surface area contributed by atoms with Gasteiger partial charge in [0.05, 0.1) is 6.61 Å². The van der Waals surface area contributed by atoms with Crippen molar-refractivity contribution in [2.45, 2.75) is 20.8 Å². The highest BCUT2D eigenvalue weighted by atomic mass is 16.6. The van der Waals surface area contributed by atoms with Gasteiger partial charge in [0, 0.05) is 0 Å². The highest BCUT2D eigenvalue weighted by molar-refractivity contribution is 5.73. The van der Waals surface area contributed by atoms with Gasteiger partial charge in [0.15, 0.2) is 0 Å². The highest BCUT2D eigenvalue weighted by Gasteiger charge is 2.03. The van der Waals surface area contributed by atoms with Crippen molar-refractivity contribution in [2.24, 2.45) is 0 Å². The zero-order valence-electron chi connectivity index (χ0n) is 9.12. The lowest BCUT2D eigenvalue weighted by Gasteiger charge is -2.06. The number of carbonyl (C=O) groups is 2. The molecular weight excluding hydrogens is 200 g/mol. The van der Waals surface area contributed by atoms with Crippen LogP contribution < -0.4 is 10.9 Å². The van der Waals surface area contributed by atoms with Gasteiger partial charge in [0.1, 0.15) is 6.61 Å². The molecule has 0 aliphatic heterocycles. The zero-order valence-corrected chi connectivity index (χ0v) is 9.12. The lowest BCUT2D eigenvalue weighted by molar-refractivity contribution is 0.132. The summed E-state index contributed by atoms with van der Waals surface area (Å²) in [6.45, 7) is 5.84. The van der Waals surface area contributed by atoms with Gasteiger partial charge in [-0.2, -0.15) is 0 Å². The first-order valence-electron chi connectivity index (χ1n) is 4.55. The van der Waals surface area contributed by atoms with E-state index in [1.54, 1.807) is 13.0 Å². The molecule has 0 atom stereocenters. The van der Waals surface area contributed by atoms with Gasteiger partial charge in [-0.15, -0.1) is 0 Å². The van der Waals surface area contributed by atoms with Crippen LogP contribution in [0.3, 0.4) is 0 Å². The Morgan fingerprint density at radius 2 is 1.67 bits per heavy atom. The number of hydrazine groups is 1.